The van der Waals surface area contributed by atoms with E-state index in [9.17, 15) is 9.59 Å². The third-order valence-electron chi connectivity index (χ3n) is 2.39. The Morgan fingerprint density at radius 2 is 2.10 bits per heavy atom. The highest BCUT2D eigenvalue weighted by Crippen LogP contribution is 2.14. The van der Waals surface area contributed by atoms with Crippen LogP contribution in [0.5, 0.6) is 0 Å². The van der Waals surface area contributed by atoms with Crippen molar-refractivity contribution in [3.8, 4) is 0 Å². The highest BCUT2D eigenvalue weighted by atomic mass is 32.2. The fraction of sp³-hybridized carbons (Fsp3) is 0.0714. The third kappa shape index (κ3) is 4.40. The van der Waals surface area contributed by atoms with Crippen molar-refractivity contribution in [1.82, 2.24) is 9.97 Å². The molecule has 0 aliphatic carbocycles. The second-order valence-electron chi connectivity index (χ2n) is 3.96. The number of aliphatic carboxylic acids is 1. The summed E-state index contributed by atoms with van der Waals surface area (Å²) < 4.78 is 0. The predicted octanol–water partition coefficient (Wildman–Crippen LogP) is 2.05. The second-order valence-corrected chi connectivity index (χ2v) is 4.86. The van der Waals surface area contributed by atoms with E-state index in [0.717, 1.165) is 23.4 Å². The quantitative estimate of drug-likeness (QED) is 0.500. The van der Waals surface area contributed by atoms with Crippen molar-refractivity contribution in [2.45, 2.75) is 11.6 Å². The van der Waals surface area contributed by atoms with Crippen LogP contribution in [-0.4, -0.2) is 21.0 Å². The smallest absolute Gasteiger partial charge is 0.328 e. The maximum absolute atomic E-state index is 11.5. The van der Waals surface area contributed by atoms with Crippen molar-refractivity contribution in [2.75, 3.05) is 0 Å². The number of thioether (sulfide) groups is 1. The van der Waals surface area contributed by atoms with Crippen molar-refractivity contribution >= 4 is 17.7 Å². The summed E-state index contributed by atoms with van der Waals surface area (Å²) in [6, 6.07) is 11.1. The first-order chi connectivity index (χ1) is 9.63. The van der Waals surface area contributed by atoms with Crippen LogP contribution in [0.25, 0.3) is 0 Å². The minimum atomic E-state index is -1.04. The normalized spacial score (nSPS) is 10.8. The Balaban J connectivity index is 2.16. The molecule has 1 aromatic carbocycles. The zero-order valence-corrected chi connectivity index (χ0v) is 11.3. The minimum Gasteiger partial charge on any atom is -0.478 e. The van der Waals surface area contributed by atoms with Gasteiger partial charge >= 0.3 is 5.97 Å². The van der Waals surface area contributed by atoms with Crippen molar-refractivity contribution < 1.29 is 9.90 Å². The summed E-state index contributed by atoms with van der Waals surface area (Å²) in [5, 5.41) is 10.2. The van der Waals surface area contributed by atoms with Gasteiger partial charge in [0.15, 0.2) is 5.16 Å². The molecular weight excluding hydrogens is 276 g/mol. The average molecular weight is 288 g/mol. The zero-order chi connectivity index (χ0) is 14.4. The Hall–Kier alpha value is -2.34. The lowest BCUT2D eigenvalue weighted by Gasteiger charge is -2.02. The molecule has 0 saturated carbocycles. The number of hydrogen-bond acceptors (Lipinski definition) is 4. The summed E-state index contributed by atoms with van der Waals surface area (Å²) in [4.78, 5) is 28.8. The molecule has 2 N–H and O–H groups in total. The molecule has 6 heteroatoms. The van der Waals surface area contributed by atoms with Gasteiger partial charge < -0.3 is 10.1 Å². The maximum Gasteiger partial charge on any atom is 0.328 e. The monoisotopic (exact) mass is 288 g/mol. The third-order valence-corrected chi connectivity index (χ3v) is 3.08. The largest absolute Gasteiger partial charge is 0.478 e. The fourth-order valence-corrected chi connectivity index (χ4v) is 2.23. The van der Waals surface area contributed by atoms with Crippen LogP contribution in [0.3, 0.4) is 0 Å². The number of nitrogens with one attached hydrogen (secondary N) is 1. The van der Waals surface area contributed by atoms with E-state index in [1.54, 1.807) is 0 Å². The molecule has 2 rings (SSSR count). The van der Waals surface area contributed by atoms with Gasteiger partial charge in [-0.15, -0.1) is 0 Å². The molecule has 20 heavy (non-hydrogen) atoms. The van der Waals surface area contributed by atoms with Crippen molar-refractivity contribution in [3.63, 3.8) is 0 Å². The van der Waals surface area contributed by atoms with E-state index < -0.39 is 5.97 Å². The van der Waals surface area contributed by atoms with Gasteiger partial charge in [-0.05, 0) is 11.0 Å². The molecule has 0 radical (unpaired) electrons. The molecule has 1 aromatic heterocycles. The maximum atomic E-state index is 11.5. The lowest BCUT2D eigenvalue weighted by atomic mass is 10.1. The van der Waals surface area contributed by atoms with Gasteiger partial charge in [-0.3, -0.25) is 4.79 Å². The number of carboxylic acid groups (broad SMARTS) is 1. The van der Waals surface area contributed by atoms with Crippen molar-refractivity contribution in [3.05, 3.63) is 69.5 Å². The van der Waals surface area contributed by atoms with E-state index in [1.165, 1.54) is 11.5 Å². The van der Waals surface area contributed by atoms with Gasteiger partial charge in [-0.2, -0.15) is 0 Å². The molecule has 0 spiro atoms. The summed E-state index contributed by atoms with van der Waals surface area (Å²) in [7, 11) is 0. The van der Waals surface area contributed by atoms with Crippen LogP contribution >= 0.6 is 11.8 Å². The van der Waals surface area contributed by atoms with Gasteiger partial charge in [0.1, 0.15) is 0 Å². The standard InChI is InChI=1S/C14H12N2O3S/c17-12-9-11(8-10-4-2-1-3-5-10)15-14(16-12)20-7-6-13(18)19/h1-7,9H,8H2,(H,18,19)(H,15,16,17)/b7-6+. The summed E-state index contributed by atoms with van der Waals surface area (Å²) in [5.41, 5.74) is 1.45. The summed E-state index contributed by atoms with van der Waals surface area (Å²) in [5.74, 6) is -1.04. The first kappa shape index (κ1) is 14.1. The van der Waals surface area contributed by atoms with E-state index in [-0.39, 0.29) is 5.56 Å². The number of aromatic amines is 1. The van der Waals surface area contributed by atoms with Gasteiger partial charge in [0.25, 0.3) is 5.56 Å². The van der Waals surface area contributed by atoms with Crippen LogP contribution in [0.1, 0.15) is 11.3 Å². The van der Waals surface area contributed by atoms with Crippen LogP contribution in [0, 0.1) is 0 Å². The van der Waals surface area contributed by atoms with Gasteiger partial charge in [-0.1, -0.05) is 42.1 Å². The van der Waals surface area contributed by atoms with Crippen LogP contribution in [0.2, 0.25) is 0 Å². The molecule has 0 saturated heterocycles. The lowest BCUT2D eigenvalue weighted by Crippen LogP contribution is -2.10. The topological polar surface area (TPSA) is 83.0 Å². The molecule has 0 unspecified atom stereocenters. The molecule has 1 heterocycles. The van der Waals surface area contributed by atoms with Crippen molar-refractivity contribution in [1.29, 1.82) is 0 Å². The number of hydrogen-bond donors (Lipinski definition) is 2. The number of nitrogens with zero attached hydrogens (tertiary/aromatic N) is 1. The molecular formula is C14H12N2O3S. The number of benzene rings is 1. The molecule has 0 atom stereocenters. The molecule has 0 aliphatic heterocycles. The molecule has 5 nitrogen and oxygen atoms in total. The van der Waals surface area contributed by atoms with Crippen LogP contribution in [-0.2, 0) is 11.2 Å². The second kappa shape index (κ2) is 6.72. The summed E-state index contributed by atoms with van der Waals surface area (Å²) in [6.45, 7) is 0. The number of carboxylic acids is 1. The molecule has 0 bridgehead atoms. The first-order valence-electron chi connectivity index (χ1n) is 5.84. The lowest BCUT2D eigenvalue weighted by molar-refractivity contribution is -0.131. The predicted molar refractivity (Wildman–Crippen MR) is 76.7 cm³/mol. The molecule has 0 amide bonds. The van der Waals surface area contributed by atoms with Gasteiger partial charge in [0.05, 0.1) is 5.69 Å². The summed E-state index contributed by atoms with van der Waals surface area (Å²) in [6.07, 6.45) is 1.55. The molecule has 102 valence electrons. The van der Waals surface area contributed by atoms with E-state index >= 15 is 0 Å². The highest BCUT2D eigenvalue weighted by Gasteiger charge is 2.02. The Labute approximate surface area is 119 Å². The van der Waals surface area contributed by atoms with Crippen LogP contribution in [0.15, 0.2) is 57.8 Å². The van der Waals surface area contributed by atoms with E-state index in [0.29, 0.717) is 17.3 Å². The van der Waals surface area contributed by atoms with E-state index in [4.69, 9.17) is 5.11 Å². The number of rotatable bonds is 5. The Morgan fingerprint density at radius 3 is 2.80 bits per heavy atom. The average Bonchev–Trinajstić information content (AvgIpc) is 2.38. The fourth-order valence-electron chi connectivity index (χ4n) is 1.59. The first-order valence-corrected chi connectivity index (χ1v) is 6.72. The zero-order valence-electron chi connectivity index (χ0n) is 10.4. The number of carbonyl (C=O) groups is 1. The van der Waals surface area contributed by atoms with Crippen LogP contribution < -0.4 is 5.56 Å². The minimum absolute atomic E-state index is 0.253. The SMILES string of the molecule is O=C(O)/C=C/Sc1nc(Cc2ccccc2)cc(=O)[nH]1. The number of H-pyrrole nitrogens is 1. The van der Waals surface area contributed by atoms with Gasteiger partial charge in [0, 0.05) is 18.6 Å². The summed E-state index contributed by atoms with van der Waals surface area (Å²) >= 11 is 1.06. The van der Waals surface area contributed by atoms with E-state index in [1.807, 2.05) is 30.3 Å². The Kier molecular flexibility index (Phi) is 4.73. The van der Waals surface area contributed by atoms with E-state index in [2.05, 4.69) is 9.97 Å². The number of aromatic nitrogens is 2. The Morgan fingerprint density at radius 1 is 1.35 bits per heavy atom. The molecule has 0 fully saturated rings. The van der Waals surface area contributed by atoms with Gasteiger partial charge in [-0.25, -0.2) is 9.78 Å². The van der Waals surface area contributed by atoms with Gasteiger partial charge in [0.2, 0.25) is 0 Å². The highest BCUT2D eigenvalue weighted by molar-refractivity contribution is 8.02. The molecule has 2 aromatic rings. The van der Waals surface area contributed by atoms with Crippen LogP contribution in [0.4, 0.5) is 0 Å². The Bertz CT molecular complexity index is 680. The molecule has 0 aliphatic rings. The van der Waals surface area contributed by atoms with Crippen molar-refractivity contribution in [2.24, 2.45) is 0 Å².